The van der Waals surface area contributed by atoms with Crippen LogP contribution in [0.15, 0.2) is 66.1 Å². The molecule has 0 spiro atoms. The van der Waals surface area contributed by atoms with Crippen LogP contribution in [0.25, 0.3) is 5.69 Å². The van der Waals surface area contributed by atoms with Gasteiger partial charge in [0.25, 0.3) is 0 Å². The number of amides is 1. The molecule has 1 atom stereocenters. The molecule has 1 amide bonds. The molecule has 1 aromatic heterocycles. The van der Waals surface area contributed by atoms with Crippen LogP contribution >= 0.6 is 11.8 Å². The van der Waals surface area contributed by atoms with Crippen molar-refractivity contribution in [3.63, 3.8) is 0 Å². The van der Waals surface area contributed by atoms with Gasteiger partial charge in [0.2, 0.25) is 5.91 Å². The summed E-state index contributed by atoms with van der Waals surface area (Å²) in [5.41, 5.74) is 1.95. The fourth-order valence-electron chi connectivity index (χ4n) is 2.46. The molecule has 0 aliphatic rings. The summed E-state index contributed by atoms with van der Waals surface area (Å²) < 4.78 is 14.6. The zero-order valence-electron chi connectivity index (χ0n) is 14.5. The van der Waals surface area contributed by atoms with E-state index < -0.39 is 0 Å². The van der Waals surface area contributed by atoms with Crippen LogP contribution in [0.3, 0.4) is 0 Å². The van der Waals surface area contributed by atoms with Crippen LogP contribution in [0.2, 0.25) is 0 Å². The lowest BCUT2D eigenvalue weighted by Crippen LogP contribution is -2.31. The lowest BCUT2D eigenvalue weighted by molar-refractivity contribution is -0.128. The Morgan fingerprint density at radius 2 is 1.88 bits per heavy atom. The van der Waals surface area contributed by atoms with Gasteiger partial charge in [0.05, 0.1) is 17.5 Å². The van der Waals surface area contributed by atoms with Crippen LogP contribution in [0, 0.1) is 5.82 Å². The first-order chi connectivity index (χ1) is 12.5. The number of aromatic nitrogens is 3. The second-order valence-corrected chi connectivity index (χ2v) is 6.90. The molecule has 0 saturated carbocycles. The molecule has 0 bridgehead atoms. The minimum atomic E-state index is -0.277. The Kier molecular flexibility index (Phi) is 5.68. The smallest absolute Gasteiger partial charge is 0.233 e. The third-order valence-electron chi connectivity index (χ3n) is 4.21. The van der Waals surface area contributed by atoms with Crippen molar-refractivity contribution < 1.29 is 9.18 Å². The Balaban J connectivity index is 1.60. The summed E-state index contributed by atoms with van der Waals surface area (Å²) in [6, 6.07) is 14.0. The molecule has 0 N–H and O–H groups in total. The Morgan fingerprint density at radius 1 is 1.19 bits per heavy atom. The van der Waals surface area contributed by atoms with Crippen LogP contribution in [0.4, 0.5) is 4.39 Å². The van der Waals surface area contributed by atoms with E-state index >= 15 is 0 Å². The van der Waals surface area contributed by atoms with Crippen molar-refractivity contribution in [2.24, 2.45) is 0 Å². The van der Waals surface area contributed by atoms with Gasteiger partial charge >= 0.3 is 0 Å². The summed E-state index contributed by atoms with van der Waals surface area (Å²) in [6.07, 6.45) is 3.13. The summed E-state index contributed by atoms with van der Waals surface area (Å²) >= 11 is 1.40. The fraction of sp³-hybridized carbons (Fsp3) is 0.211. The van der Waals surface area contributed by atoms with Crippen molar-refractivity contribution in [3.8, 4) is 5.69 Å². The molecule has 134 valence electrons. The number of rotatable bonds is 6. The summed E-state index contributed by atoms with van der Waals surface area (Å²) in [4.78, 5) is 19.0. The first kappa shape index (κ1) is 18.1. The van der Waals surface area contributed by atoms with E-state index in [0.717, 1.165) is 16.1 Å². The third kappa shape index (κ3) is 4.29. The van der Waals surface area contributed by atoms with Crippen LogP contribution in [-0.4, -0.2) is 38.4 Å². The van der Waals surface area contributed by atoms with E-state index in [1.807, 2.05) is 31.2 Å². The van der Waals surface area contributed by atoms with Gasteiger partial charge in [-0.15, -0.1) is 11.8 Å². The minimum Gasteiger partial charge on any atom is -0.338 e. The molecule has 7 heteroatoms. The van der Waals surface area contributed by atoms with Crippen molar-refractivity contribution in [1.29, 1.82) is 0 Å². The summed E-state index contributed by atoms with van der Waals surface area (Å²) in [5, 5.41) is 4.10. The molecule has 3 rings (SSSR count). The van der Waals surface area contributed by atoms with Crippen molar-refractivity contribution in [2.45, 2.75) is 17.9 Å². The number of carbonyl (C=O) groups excluding carboxylic acids is 1. The lowest BCUT2D eigenvalue weighted by atomic mass is 10.1. The maximum atomic E-state index is 12.9. The number of halogens is 1. The maximum absolute atomic E-state index is 12.9. The SMILES string of the molecule is CC(c1ccc(-n2cncn2)cc1)N(C)C(=O)CSc1ccc(F)cc1. The van der Waals surface area contributed by atoms with E-state index in [1.54, 1.807) is 35.1 Å². The average molecular weight is 370 g/mol. The van der Waals surface area contributed by atoms with Gasteiger partial charge in [-0.3, -0.25) is 4.79 Å². The molecule has 3 aromatic rings. The maximum Gasteiger partial charge on any atom is 0.233 e. The predicted octanol–water partition coefficient (Wildman–Crippen LogP) is 3.72. The molecular weight excluding hydrogens is 351 g/mol. The quantitative estimate of drug-likeness (QED) is 0.621. The van der Waals surface area contributed by atoms with Crippen molar-refractivity contribution >= 4 is 17.7 Å². The number of carbonyl (C=O) groups is 1. The molecule has 26 heavy (non-hydrogen) atoms. The number of hydrogen-bond donors (Lipinski definition) is 0. The Hall–Kier alpha value is -2.67. The monoisotopic (exact) mass is 370 g/mol. The van der Waals surface area contributed by atoms with Crippen LogP contribution < -0.4 is 0 Å². The molecule has 5 nitrogen and oxygen atoms in total. The van der Waals surface area contributed by atoms with E-state index in [9.17, 15) is 9.18 Å². The Labute approximate surface area is 155 Å². The number of nitrogens with zero attached hydrogens (tertiary/aromatic N) is 4. The molecule has 1 unspecified atom stereocenters. The number of hydrogen-bond acceptors (Lipinski definition) is 4. The Morgan fingerprint density at radius 3 is 2.50 bits per heavy atom. The molecular formula is C19H19FN4OS. The summed E-state index contributed by atoms with van der Waals surface area (Å²) in [6.45, 7) is 1.99. The molecule has 2 aromatic carbocycles. The van der Waals surface area contributed by atoms with E-state index in [0.29, 0.717) is 5.75 Å². The van der Waals surface area contributed by atoms with E-state index in [1.165, 1.54) is 30.2 Å². The molecule has 1 heterocycles. The average Bonchev–Trinajstić information content (AvgIpc) is 3.21. The van der Waals surface area contributed by atoms with E-state index in [4.69, 9.17) is 0 Å². The second kappa shape index (κ2) is 8.14. The molecule has 0 aliphatic heterocycles. The highest BCUT2D eigenvalue weighted by molar-refractivity contribution is 8.00. The zero-order chi connectivity index (χ0) is 18.5. The fourth-order valence-corrected chi connectivity index (χ4v) is 3.29. The van der Waals surface area contributed by atoms with Crippen molar-refractivity contribution in [1.82, 2.24) is 19.7 Å². The van der Waals surface area contributed by atoms with Crippen molar-refractivity contribution in [2.75, 3.05) is 12.8 Å². The van der Waals surface area contributed by atoms with Gasteiger partial charge in [-0.2, -0.15) is 5.10 Å². The van der Waals surface area contributed by atoms with E-state index in [2.05, 4.69) is 10.1 Å². The Bertz CT molecular complexity index is 850. The normalized spacial score (nSPS) is 12.0. The largest absolute Gasteiger partial charge is 0.338 e. The minimum absolute atomic E-state index is 0.0205. The standard InChI is InChI=1S/C19H19FN4OS/c1-14(15-3-7-17(8-4-15)24-13-21-12-22-24)23(2)19(25)11-26-18-9-5-16(20)6-10-18/h3-10,12-14H,11H2,1-2H3. The first-order valence-electron chi connectivity index (χ1n) is 8.13. The highest BCUT2D eigenvalue weighted by Gasteiger charge is 2.17. The molecule has 0 saturated heterocycles. The van der Waals surface area contributed by atoms with Crippen LogP contribution in [0.1, 0.15) is 18.5 Å². The molecule has 0 aliphatic carbocycles. The third-order valence-corrected chi connectivity index (χ3v) is 5.21. The van der Waals surface area contributed by atoms with Crippen LogP contribution in [0.5, 0.6) is 0 Å². The van der Waals surface area contributed by atoms with Gasteiger partial charge in [-0.05, 0) is 48.9 Å². The van der Waals surface area contributed by atoms with Gasteiger partial charge < -0.3 is 4.90 Å². The second-order valence-electron chi connectivity index (χ2n) is 5.85. The van der Waals surface area contributed by atoms with Gasteiger partial charge in [0.15, 0.2) is 0 Å². The first-order valence-corrected chi connectivity index (χ1v) is 9.12. The topological polar surface area (TPSA) is 51.0 Å². The number of thioether (sulfide) groups is 1. The molecule has 0 fully saturated rings. The van der Waals surface area contributed by atoms with Gasteiger partial charge in [0, 0.05) is 11.9 Å². The lowest BCUT2D eigenvalue weighted by Gasteiger charge is -2.25. The van der Waals surface area contributed by atoms with Gasteiger partial charge in [0.1, 0.15) is 18.5 Å². The summed E-state index contributed by atoms with van der Waals surface area (Å²) in [7, 11) is 1.80. The summed E-state index contributed by atoms with van der Waals surface area (Å²) in [5.74, 6) is 0.0525. The highest BCUT2D eigenvalue weighted by atomic mass is 32.2. The van der Waals surface area contributed by atoms with Crippen molar-refractivity contribution in [3.05, 3.63) is 72.6 Å². The zero-order valence-corrected chi connectivity index (χ0v) is 15.4. The van der Waals surface area contributed by atoms with E-state index in [-0.39, 0.29) is 17.8 Å². The highest BCUT2D eigenvalue weighted by Crippen LogP contribution is 2.23. The molecule has 0 radical (unpaired) electrons. The number of benzene rings is 2. The van der Waals surface area contributed by atoms with Gasteiger partial charge in [-0.25, -0.2) is 14.1 Å². The van der Waals surface area contributed by atoms with Crippen LogP contribution in [-0.2, 0) is 4.79 Å². The van der Waals surface area contributed by atoms with Gasteiger partial charge in [-0.1, -0.05) is 12.1 Å². The predicted molar refractivity (Wildman–Crippen MR) is 99.7 cm³/mol.